The van der Waals surface area contributed by atoms with Crippen molar-refractivity contribution in [3.63, 3.8) is 0 Å². The average molecular weight is 617 g/mol. The van der Waals surface area contributed by atoms with Crippen molar-refractivity contribution in [1.82, 2.24) is 0 Å². The summed E-state index contributed by atoms with van der Waals surface area (Å²) in [6, 6.07) is 34.0. The molecule has 2 radical (unpaired) electrons. The molecule has 0 nitrogen and oxygen atoms in total. The van der Waals surface area contributed by atoms with Gasteiger partial charge in [-0.05, 0) is 28.7 Å². The summed E-state index contributed by atoms with van der Waals surface area (Å²) in [7, 11) is -0.634. The molecule has 5 aromatic carbocycles. The summed E-state index contributed by atoms with van der Waals surface area (Å²) < 4.78 is 0. The molecule has 4 heteroatoms. The van der Waals surface area contributed by atoms with Crippen molar-refractivity contribution in [2.24, 2.45) is 0 Å². The third kappa shape index (κ3) is 5.11. The third-order valence-electron chi connectivity index (χ3n) is 7.44. The molecule has 1 aliphatic rings. The van der Waals surface area contributed by atoms with Gasteiger partial charge in [-0.25, -0.2) is 0 Å². The minimum atomic E-state index is -0.634. The predicted molar refractivity (Wildman–Crippen MR) is 151 cm³/mol. The van der Waals surface area contributed by atoms with E-state index in [0.29, 0.717) is 5.92 Å². The number of allylic oxidation sites excluding steroid dienone is 1. The summed E-state index contributed by atoms with van der Waals surface area (Å²) >= 11 is 0. The van der Waals surface area contributed by atoms with Crippen LogP contribution in [-0.4, -0.2) is 8.80 Å². The first-order chi connectivity index (χ1) is 16.7. The van der Waals surface area contributed by atoms with Crippen LogP contribution >= 0.6 is 0 Å². The van der Waals surface area contributed by atoms with Crippen molar-refractivity contribution < 1.29 is 51.0 Å². The van der Waals surface area contributed by atoms with E-state index < -0.39 is 8.80 Å². The Balaban J connectivity index is 0.00000127. The van der Waals surface area contributed by atoms with Crippen molar-refractivity contribution >= 4 is 41.6 Å². The Kier molecular flexibility index (Phi) is 9.92. The summed E-state index contributed by atoms with van der Waals surface area (Å²) in [4.78, 5) is 0. The monoisotopic (exact) mass is 614 g/mol. The second-order valence-electron chi connectivity index (χ2n) is 9.80. The van der Waals surface area contributed by atoms with Crippen LogP contribution < -0.4 is 30.0 Å². The molecule has 1 aliphatic carbocycles. The number of hydrogen-bond donors (Lipinski definition) is 0. The second-order valence-corrected chi connectivity index (χ2v) is 12.3. The number of halogens is 2. The molecular weight excluding hydrogens is 587 g/mol. The van der Waals surface area contributed by atoms with Crippen LogP contribution in [0.2, 0.25) is 13.1 Å². The second kappa shape index (κ2) is 12.4. The first-order valence-electron chi connectivity index (χ1n) is 12.5. The van der Waals surface area contributed by atoms with Crippen molar-refractivity contribution in [2.45, 2.75) is 38.8 Å². The molecule has 0 aliphatic heterocycles. The van der Waals surface area contributed by atoms with Crippen LogP contribution in [0.1, 0.15) is 42.4 Å². The maximum Gasteiger partial charge on any atom is 3.00 e. The normalized spacial score (nSPS) is 14.1. The molecule has 0 bridgehead atoms. The molecule has 1 atom stereocenters. The van der Waals surface area contributed by atoms with E-state index in [0.717, 1.165) is 6.42 Å². The molecule has 184 valence electrons. The standard InChI is InChI=1S/C33H30Si.2ClH.Zr/c1-4-11-24-21-29-25(22-12-6-5-7-13-22)16-10-17-28(29)32(24)33-30-20-23-14-8-9-15-26(23)27(30)18-19-31(33)34(2)3;;;/h5-10,12-21,32H,4,11H2,1-3H3;2*1H;/q-1;;;+3/p-2. The van der Waals surface area contributed by atoms with E-state index in [4.69, 9.17) is 0 Å². The van der Waals surface area contributed by atoms with Crippen molar-refractivity contribution in [3.8, 4) is 11.1 Å². The van der Waals surface area contributed by atoms with Gasteiger partial charge in [0.25, 0.3) is 0 Å². The molecule has 5 aromatic rings. The molecular formula is C33H30Cl2SiZr. The SMILES string of the molecule is CCCC1=Cc2c(-c3ccccc3)cccc2C1c1c([Si](C)C)ccc2c1[cH-]c1ccccc12.[Cl-].[Cl-].[Zr+3]. The molecule has 0 aromatic heterocycles. The zero-order valence-electron chi connectivity index (χ0n) is 21.5. The maximum absolute atomic E-state index is 2.52. The van der Waals surface area contributed by atoms with Gasteiger partial charge >= 0.3 is 26.2 Å². The topological polar surface area (TPSA) is 0 Å². The summed E-state index contributed by atoms with van der Waals surface area (Å²) in [5.74, 6) is 0.342. The molecule has 0 saturated heterocycles. The Morgan fingerprint density at radius 2 is 1.51 bits per heavy atom. The molecule has 0 N–H and O–H groups in total. The van der Waals surface area contributed by atoms with E-state index in [1.807, 2.05) is 0 Å². The van der Waals surface area contributed by atoms with E-state index >= 15 is 0 Å². The summed E-state index contributed by atoms with van der Waals surface area (Å²) in [5, 5.41) is 7.17. The van der Waals surface area contributed by atoms with Crippen LogP contribution in [-0.2, 0) is 26.2 Å². The van der Waals surface area contributed by atoms with E-state index in [1.54, 1.807) is 16.3 Å². The van der Waals surface area contributed by atoms with E-state index in [9.17, 15) is 0 Å². The van der Waals surface area contributed by atoms with Crippen LogP contribution in [0, 0.1) is 0 Å². The van der Waals surface area contributed by atoms with Gasteiger partial charge < -0.3 is 24.8 Å². The molecule has 0 spiro atoms. The van der Waals surface area contributed by atoms with E-state index in [-0.39, 0.29) is 51.0 Å². The van der Waals surface area contributed by atoms with Crippen LogP contribution in [0.25, 0.3) is 38.7 Å². The summed E-state index contributed by atoms with van der Waals surface area (Å²) in [6.07, 6.45) is 4.83. The third-order valence-corrected chi connectivity index (χ3v) is 8.95. The largest absolute Gasteiger partial charge is 3.00 e. The zero-order valence-corrected chi connectivity index (χ0v) is 26.5. The first kappa shape index (κ1) is 29.7. The van der Waals surface area contributed by atoms with Gasteiger partial charge in [-0.2, -0.15) is 0 Å². The van der Waals surface area contributed by atoms with Crippen molar-refractivity contribution in [1.29, 1.82) is 0 Å². The summed E-state index contributed by atoms with van der Waals surface area (Å²) in [5.41, 5.74) is 8.70. The van der Waals surface area contributed by atoms with E-state index in [2.05, 4.69) is 117 Å². The molecule has 0 heterocycles. The van der Waals surface area contributed by atoms with Gasteiger partial charge in [0.05, 0.1) is 8.80 Å². The van der Waals surface area contributed by atoms with Gasteiger partial charge in [0.2, 0.25) is 0 Å². The van der Waals surface area contributed by atoms with Crippen molar-refractivity contribution in [2.75, 3.05) is 0 Å². The fourth-order valence-electron chi connectivity index (χ4n) is 5.98. The first-order valence-corrected chi connectivity index (χ1v) is 15.0. The molecule has 37 heavy (non-hydrogen) atoms. The van der Waals surface area contributed by atoms with Gasteiger partial charge in [-0.1, -0.05) is 128 Å². The fraction of sp³-hybridized carbons (Fsp3) is 0.182. The molecule has 0 amide bonds. The molecule has 0 fully saturated rings. The Hall–Kier alpha value is -1.83. The Morgan fingerprint density at radius 1 is 0.784 bits per heavy atom. The number of fused-ring (bicyclic) bond motifs is 4. The minimum absolute atomic E-state index is 0. The Bertz CT molecular complexity index is 1550. The fourth-order valence-corrected chi connectivity index (χ4v) is 7.21. The van der Waals surface area contributed by atoms with Crippen LogP contribution in [0.4, 0.5) is 0 Å². The smallest absolute Gasteiger partial charge is 1.00 e. The molecule has 0 saturated carbocycles. The van der Waals surface area contributed by atoms with Crippen molar-refractivity contribution in [3.05, 3.63) is 113 Å². The molecule has 1 unspecified atom stereocenters. The van der Waals surface area contributed by atoms with Gasteiger partial charge in [-0.3, -0.25) is 0 Å². The van der Waals surface area contributed by atoms with Gasteiger partial charge in [0.1, 0.15) is 0 Å². The minimum Gasteiger partial charge on any atom is -1.00 e. The zero-order chi connectivity index (χ0) is 23.2. The van der Waals surface area contributed by atoms with Gasteiger partial charge in [0, 0.05) is 5.92 Å². The number of benzene rings is 4. The van der Waals surface area contributed by atoms with Gasteiger partial charge in [0.15, 0.2) is 0 Å². The van der Waals surface area contributed by atoms with Crippen LogP contribution in [0.15, 0.2) is 96.6 Å². The molecule has 6 rings (SSSR count). The maximum atomic E-state index is 2.52. The predicted octanol–water partition coefficient (Wildman–Crippen LogP) is 2.67. The Morgan fingerprint density at radius 3 is 2.24 bits per heavy atom. The number of hydrogen-bond acceptors (Lipinski definition) is 0. The van der Waals surface area contributed by atoms with E-state index in [1.165, 1.54) is 50.2 Å². The number of rotatable bonds is 5. The Labute approximate surface area is 254 Å². The van der Waals surface area contributed by atoms with Gasteiger partial charge in [-0.15, -0.1) is 33.7 Å². The van der Waals surface area contributed by atoms with Crippen LogP contribution in [0.3, 0.4) is 0 Å². The average Bonchev–Trinajstić information content (AvgIpc) is 3.42. The van der Waals surface area contributed by atoms with Crippen LogP contribution in [0.5, 0.6) is 0 Å². The summed E-state index contributed by atoms with van der Waals surface area (Å²) in [6.45, 7) is 7.20. The quantitative estimate of drug-likeness (QED) is 0.211.